The lowest BCUT2D eigenvalue weighted by Crippen LogP contribution is -2.25. The zero-order valence-corrected chi connectivity index (χ0v) is 5.95. The lowest BCUT2D eigenvalue weighted by Gasteiger charge is -2.09. The Balaban J connectivity index is 3.56. The Morgan fingerprint density at radius 3 is 2.50 bits per heavy atom. The number of carbonyl (C=O) groups is 1. The second-order valence-corrected chi connectivity index (χ2v) is 2.36. The molecule has 0 fully saturated rings. The van der Waals surface area contributed by atoms with Gasteiger partial charge in [0.15, 0.2) is 0 Å². The van der Waals surface area contributed by atoms with E-state index < -0.39 is 18.0 Å². The summed E-state index contributed by atoms with van der Waals surface area (Å²) in [5, 5.41) is 17.3. The molecular formula is C6H13NO3. The third kappa shape index (κ3) is 3.42. The Morgan fingerprint density at radius 2 is 2.20 bits per heavy atom. The van der Waals surface area contributed by atoms with Gasteiger partial charge in [-0.1, -0.05) is 6.92 Å². The fourth-order valence-electron chi connectivity index (χ4n) is 0.605. The van der Waals surface area contributed by atoms with Crippen LogP contribution in [0.1, 0.15) is 13.3 Å². The van der Waals surface area contributed by atoms with E-state index in [-0.39, 0.29) is 13.0 Å². The number of carboxylic acids is 1. The van der Waals surface area contributed by atoms with Crippen molar-refractivity contribution >= 4 is 5.97 Å². The molecule has 60 valence electrons. The van der Waals surface area contributed by atoms with Crippen LogP contribution < -0.4 is 5.73 Å². The number of nitrogens with two attached hydrogens (primary N) is 1. The van der Waals surface area contributed by atoms with E-state index in [0.717, 1.165) is 0 Å². The van der Waals surface area contributed by atoms with Crippen molar-refractivity contribution in [1.29, 1.82) is 0 Å². The first-order chi connectivity index (χ1) is 4.57. The van der Waals surface area contributed by atoms with Gasteiger partial charge in [-0.25, -0.2) is 0 Å². The summed E-state index contributed by atoms with van der Waals surface area (Å²) in [5.41, 5.74) is 5.08. The number of aliphatic hydroxyl groups excluding tert-OH is 1. The first-order valence-corrected chi connectivity index (χ1v) is 3.18. The molecule has 0 rings (SSSR count). The van der Waals surface area contributed by atoms with E-state index in [0.29, 0.717) is 0 Å². The molecule has 0 bridgehead atoms. The van der Waals surface area contributed by atoms with Crippen molar-refractivity contribution in [2.45, 2.75) is 19.4 Å². The van der Waals surface area contributed by atoms with E-state index in [1.807, 2.05) is 0 Å². The van der Waals surface area contributed by atoms with Crippen molar-refractivity contribution < 1.29 is 15.0 Å². The molecule has 0 aliphatic rings. The quantitative estimate of drug-likeness (QED) is 0.496. The molecular weight excluding hydrogens is 134 g/mol. The smallest absolute Gasteiger partial charge is 0.306 e. The predicted octanol–water partition coefficient (Wildman–Crippen LogP) is -0.583. The SMILES string of the molecule is CC(CC(O)CN)C(=O)O. The molecule has 10 heavy (non-hydrogen) atoms. The number of hydrogen-bond donors (Lipinski definition) is 3. The van der Waals surface area contributed by atoms with E-state index in [2.05, 4.69) is 0 Å². The van der Waals surface area contributed by atoms with Crippen LogP contribution in [0.4, 0.5) is 0 Å². The maximum absolute atomic E-state index is 10.2. The predicted molar refractivity (Wildman–Crippen MR) is 36.5 cm³/mol. The molecule has 2 atom stereocenters. The van der Waals surface area contributed by atoms with Gasteiger partial charge in [-0.3, -0.25) is 4.79 Å². The van der Waals surface area contributed by atoms with Crippen LogP contribution in [0.15, 0.2) is 0 Å². The van der Waals surface area contributed by atoms with Gasteiger partial charge in [0.05, 0.1) is 12.0 Å². The Bertz CT molecular complexity index is 116. The molecule has 4 N–H and O–H groups in total. The molecule has 0 saturated carbocycles. The van der Waals surface area contributed by atoms with E-state index in [1.165, 1.54) is 0 Å². The van der Waals surface area contributed by atoms with Gasteiger partial charge in [0.25, 0.3) is 0 Å². The Hall–Kier alpha value is -0.610. The molecule has 0 radical (unpaired) electrons. The largest absolute Gasteiger partial charge is 0.481 e. The second kappa shape index (κ2) is 4.24. The Morgan fingerprint density at radius 1 is 1.70 bits per heavy atom. The number of hydrogen-bond acceptors (Lipinski definition) is 3. The highest BCUT2D eigenvalue weighted by molar-refractivity contribution is 5.69. The van der Waals surface area contributed by atoms with Gasteiger partial charge in [-0.05, 0) is 6.42 Å². The van der Waals surface area contributed by atoms with Gasteiger partial charge in [0.1, 0.15) is 0 Å². The number of carboxylic acid groups (broad SMARTS) is 1. The molecule has 0 aromatic carbocycles. The van der Waals surface area contributed by atoms with Crippen LogP contribution in [-0.2, 0) is 4.79 Å². The van der Waals surface area contributed by atoms with Gasteiger partial charge < -0.3 is 15.9 Å². The summed E-state index contributed by atoms with van der Waals surface area (Å²) < 4.78 is 0. The van der Waals surface area contributed by atoms with Crippen molar-refractivity contribution in [2.24, 2.45) is 11.7 Å². The van der Waals surface area contributed by atoms with Crippen molar-refractivity contribution in [3.63, 3.8) is 0 Å². The van der Waals surface area contributed by atoms with Crippen LogP contribution in [0.5, 0.6) is 0 Å². The van der Waals surface area contributed by atoms with E-state index in [1.54, 1.807) is 6.92 Å². The average molecular weight is 147 g/mol. The molecule has 2 unspecified atom stereocenters. The molecule has 0 spiro atoms. The molecule has 4 heteroatoms. The summed E-state index contributed by atoms with van der Waals surface area (Å²) in [4.78, 5) is 10.2. The maximum Gasteiger partial charge on any atom is 0.306 e. The third-order valence-corrected chi connectivity index (χ3v) is 1.32. The highest BCUT2D eigenvalue weighted by Gasteiger charge is 2.14. The van der Waals surface area contributed by atoms with Crippen LogP contribution in [0, 0.1) is 5.92 Å². The van der Waals surface area contributed by atoms with Crippen molar-refractivity contribution in [3.05, 3.63) is 0 Å². The van der Waals surface area contributed by atoms with E-state index in [9.17, 15) is 4.79 Å². The van der Waals surface area contributed by atoms with Crippen LogP contribution in [0.2, 0.25) is 0 Å². The minimum Gasteiger partial charge on any atom is -0.481 e. The summed E-state index contributed by atoms with van der Waals surface area (Å²) in [6.45, 7) is 1.67. The lowest BCUT2D eigenvalue weighted by atomic mass is 10.0. The zero-order valence-electron chi connectivity index (χ0n) is 5.95. The highest BCUT2D eigenvalue weighted by Crippen LogP contribution is 2.04. The summed E-state index contributed by atoms with van der Waals surface area (Å²) in [7, 11) is 0. The lowest BCUT2D eigenvalue weighted by molar-refractivity contribution is -0.142. The Kier molecular flexibility index (Phi) is 3.99. The minimum absolute atomic E-state index is 0.123. The van der Waals surface area contributed by atoms with Gasteiger partial charge in [-0.15, -0.1) is 0 Å². The summed E-state index contributed by atoms with van der Waals surface area (Å²) in [6, 6.07) is 0. The molecule has 4 nitrogen and oxygen atoms in total. The highest BCUT2D eigenvalue weighted by atomic mass is 16.4. The normalized spacial score (nSPS) is 16.3. The minimum atomic E-state index is -0.896. The Labute approximate surface area is 59.7 Å². The second-order valence-electron chi connectivity index (χ2n) is 2.36. The zero-order chi connectivity index (χ0) is 8.15. The van der Waals surface area contributed by atoms with E-state index in [4.69, 9.17) is 15.9 Å². The van der Waals surface area contributed by atoms with Crippen LogP contribution in [-0.4, -0.2) is 28.8 Å². The molecule has 0 saturated heterocycles. The standard InChI is InChI=1S/C6H13NO3/c1-4(6(9)10)2-5(8)3-7/h4-5,8H,2-3,7H2,1H3,(H,9,10). The summed E-state index contributed by atoms with van der Waals surface area (Å²) in [6.07, 6.45) is -0.461. The first-order valence-electron chi connectivity index (χ1n) is 3.18. The summed E-state index contributed by atoms with van der Waals surface area (Å²) >= 11 is 0. The van der Waals surface area contributed by atoms with Crippen molar-refractivity contribution in [2.75, 3.05) is 6.54 Å². The number of aliphatic carboxylic acids is 1. The van der Waals surface area contributed by atoms with Crippen LogP contribution in [0.3, 0.4) is 0 Å². The maximum atomic E-state index is 10.2. The number of rotatable bonds is 4. The topological polar surface area (TPSA) is 83.5 Å². The fraction of sp³-hybridized carbons (Fsp3) is 0.833. The monoisotopic (exact) mass is 147 g/mol. The molecule has 0 amide bonds. The summed E-state index contributed by atoms with van der Waals surface area (Å²) in [5.74, 6) is -1.41. The van der Waals surface area contributed by atoms with E-state index >= 15 is 0 Å². The van der Waals surface area contributed by atoms with Crippen LogP contribution >= 0.6 is 0 Å². The van der Waals surface area contributed by atoms with Gasteiger partial charge in [0, 0.05) is 6.54 Å². The van der Waals surface area contributed by atoms with Gasteiger partial charge in [-0.2, -0.15) is 0 Å². The third-order valence-electron chi connectivity index (χ3n) is 1.32. The molecule has 0 heterocycles. The van der Waals surface area contributed by atoms with Gasteiger partial charge >= 0.3 is 5.97 Å². The molecule has 0 aliphatic carbocycles. The van der Waals surface area contributed by atoms with Crippen molar-refractivity contribution in [3.8, 4) is 0 Å². The van der Waals surface area contributed by atoms with Gasteiger partial charge in [0.2, 0.25) is 0 Å². The molecule has 0 aromatic rings. The number of aliphatic hydroxyl groups is 1. The molecule has 0 aliphatic heterocycles. The van der Waals surface area contributed by atoms with Crippen LogP contribution in [0.25, 0.3) is 0 Å². The first kappa shape index (κ1) is 9.39. The molecule has 0 aromatic heterocycles. The average Bonchev–Trinajstić information content (AvgIpc) is 1.87. The fourth-order valence-corrected chi connectivity index (χ4v) is 0.605. The van der Waals surface area contributed by atoms with Crippen molar-refractivity contribution in [1.82, 2.24) is 0 Å².